The Morgan fingerprint density at radius 2 is 2.13 bits per heavy atom. The van der Waals surface area contributed by atoms with Crippen LogP contribution in [0, 0.1) is 6.92 Å². The molecule has 6 nitrogen and oxygen atoms in total. The van der Waals surface area contributed by atoms with E-state index in [9.17, 15) is 14.0 Å². The summed E-state index contributed by atoms with van der Waals surface area (Å²) in [4.78, 5) is 34.8. The molecule has 0 aromatic carbocycles. The molecule has 1 atom stereocenters. The molecule has 1 aliphatic carbocycles. The number of Topliss-reactive ketones (excluding diaryl/α,β-unsaturated/α-hetero) is 1. The first-order valence-corrected chi connectivity index (χ1v) is 9.53. The van der Waals surface area contributed by atoms with Gasteiger partial charge in [-0.25, -0.2) is 4.39 Å². The molecular formula is C23H20FN3O3. The fourth-order valence-electron chi connectivity index (χ4n) is 3.54. The highest BCUT2D eigenvalue weighted by atomic mass is 19.1. The minimum Gasteiger partial charge on any atom is -0.374 e. The van der Waals surface area contributed by atoms with Crippen LogP contribution in [0.25, 0.3) is 11.0 Å². The number of methoxy groups -OCH3 is 1. The van der Waals surface area contributed by atoms with Gasteiger partial charge in [0.25, 0.3) is 0 Å². The SMILES string of the molecule is COC1CC=C(C(=O)c2cn(Cc3cccc(C)n3)c3cccnc3c2=O)C=C1F. The van der Waals surface area contributed by atoms with Crippen LogP contribution >= 0.6 is 0 Å². The molecule has 4 rings (SSSR count). The summed E-state index contributed by atoms with van der Waals surface area (Å²) in [6.45, 7) is 2.26. The highest BCUT2D eigenvalue weighted by molar-refractivity contribution is 6.11. The number of aryl methyl sites for hydroxylation is 1. The summed E-state index contributed by atoms with van der Waals surface area (Å²) in [7, 11) is 1.41. The molecule has 3 aromatic rings. The predicted molar refractivity (Wildman–Crippen MR) is 111 cm³/mol. The molecule has 0 amide bonds. The van der Waals surface area contributed by atoms with Crippen molar-refractivity contribution in [2.75, 3.05) is 7.11 Å². The molecule has 0 saturated heterocycles. The van der Waals surface area contributed by atoms with Crippen molar-refractivity contribution in [1.82, 2.24) is 14.5 Å². The van der Waals surface area contributed by atoms with Crippen LogP contribution in [0.15, 0.2) is 71.1 Å². The number of rotatable bonds is 5. The number of pyridine rings is 3. The Morgan fingerprint density at radius 1 is 1.30 bits per heavy atom. The van der Waals surface area contributed by atoms with E-state index in [0.717, 1.165) is 17.5 Å². The third-order valence-corrected chi connectivity index (χ3v) is 5.06. The second-order valence-corrected chi connectivity index (χ2v) is 7.12. The van der Waals surface area contributed by atoms with Gasteiger partial charge in [0.2, 0.25) is 5.43 Å². The lowest BCUT2D eigenvalue weighted by Gasteiger charge is -2.17. The van der Waals surface area contributed by atoms with Crippen molar-refractivity contribution in [3.63, 3.8) is 0 Å². The summed E-state index contributed by atoms with van der Waals surface area (Å²) < 4.78 is 21.0. The van der Waals surface area contributed by atoms with Gasteiger partial charge in [-0.15, -0.1) is 0 Å². The number of ketones is 1. The lowest BCUT2D eigenvalue weighted by Crippen LogP contribution is -2.23. The third-order valence-electron chi connectivity index (χ3n) is 5.06. The third kappa shape index (κ3) is 3.71. The van der Waals surface area contributed by atoms with Crippen molar-refractivity contribution < 1.29 is 13.9 Å². The number of carbonyl (C=O) groups is 1. The first kappa shape index (κ1) is 19.8. The van der Waals surface area contributed by atoms with Crippen molar-refractivity contribution >= 4 is 16.8 Å². The zero-order chi connectivity index (χ0) is 21.3. The monoisotopic (exact) mass is 405 g/mol. The van der Waals surface area contributed by atoms with E-state index in [1.54, 1.807) is 22.8 Å². The van der Waals surface area contributed by atoms with Gasteiger partial charge in [-0.3, -0.25) is 19.6 Å². The number of allylic oxidation sites excluding steroid dienone is 2. The Kier molecular flexibility index (Phi) is 5.37. The van der Waals surface area contributed by atoms with Gasteiger partial charge in [0, 0.05) is 30.8 Å². The molecule has 0 fully saturated rings. The highest BCUT2D eigenvalue weighted by Crippen LogP contribution is 2.24. The summed E-state index contributed by atoms with van der Waals surface area (Å²) in [5, 5.41) is 0. The van der Waals surface area contributed by atoms with Gasteiger partial charge < -0.3 is 9.30 Å². The maximum absolute atomic E-state index is 14.2. The zero-order valence-corrected chi connectivity index (χ0v) is 16.6. The molecule has 0 bridgehead atoms. The lowest BCUT2D eigenvalue weighted by atomic mass is 9.96. The van der Waals surface area contributed by atoms with Crippen LogP contribution in [-0.4, -0.2) is 33.5 Å². The average molecular weight is 405 g/mol. The minimum absolute atomic E-state index is 0.0555. The molecule has 0 aliphatic heterocycles. The predicted octanol–water partition coefficient (Wildman–Crippen LogP) is 3.53. The van der Waals surface area contributed by atoms with Gasteiger partial charge in [-0.1, -0.05) is 12.1 Å². The molecule has 0 saturated carbocycles. The molecule has 0 radical (unpaired) electrons. The van der Waals surface area contributed by atoms with Crippen LogP contribution in [0.2, 0.25) is 0 Å². The Balaban J connectivity index is 1.81. The Hall–Kier alpha value is -3.45. The number of hydrogen-bond acceptors (Lipinski definition) is 5. The molecule has 1 unspecified atom stereocenters. The number of halogens is 1. The fraction of sp³-hybridized carbons (Fsp3) is 0.217. The second kappa shape index (κ2) is 8.12. The highest BCUT2D eigenvalue weighted by Gasteiger charge is 2.24. The summed E-state index contributed by atoms with van der Waals surface area (Å²) in [5.41, 5.74) is 2.04. The first-order valence-electron chi connectivity index (χ1n) is 9.53. The average Bonchev–Trinajstić information content (AvgIpc) is 2.75. The molecule has 3 heterocycles. The van der Waals surface area contributed by atoms with E-state index in [1.165, 1.54) is 19.5 Å². The van der Waals surface area contributed by atoms with Crippen molar-refractivity contribution in [2.24, 2.45) is 0 Å². The molecular weight excluding hydrogens is 385 g/mol. The number of fused-ring (bicyclic) bond motifs is 1. The topological polar surface area (TPSA) is 74.1 Å². The van der Waals surface area contributed by atoms with Crippen LogP contribution in [0.5, 0.6) is 0 Å². The van der Waals surface area contributed by atoms with Gasteiger partial charge in [-0.2, -0.15) is 0 Å². The lowest BCUT2D eigenvalue weighted by molar-refractivity contribution is 0.101. The van der Waals surface area contributed by atoms with Crippen LogP contribution < -0.4 is 5.43 Å². The van der Waals surface area contributed by atoms with E-state index in [4.69, 9.17) is 4.74 Å². The largest absolute Gasteiger partial charge is 0.374 e. The van der Waals surface area contributed by atoms with Crippen molar-refractivity contribution in [2.45, 2.75) is 26.0 Å². The Bertz CT molecular complexity index is 1260. The molecule has 152 valence electrons. The van der Waals surface area contributed by atoms with Crippen LogP contribution in [0.3, 0.4) is 0 Å². The van der Waals surface area contributed by atoms with E-state index in [2.05, 4.69) is 9.97 Å². The van der Waals surface area contributed by atoms with Crippen molar-refractivity contribution in [3.8, 4) is 0 Å². The number of ether oxygens (including phenoxy) is 1. The van der Waals surface area contributed by atoms with Crippen LogP contribution in [0.1, 0.15) is 28.2 Å². The fourth-order valence-corrected chi connectivity index (χ4v) is 3.54. The van der Waals surface area contributed by atoms with E-state index < -0.39 is 23.1 Å². The van der Waals surface area contributed by atoms with Crippen molar-refractivity contribution in [3.05, 3.63) is 93.5 Å². The summed E-state index contributed by atoms with van der Waals surface area (Å²) >= 11 is 0. The van der Waals surface area contributed by atoms with E-state index >= 15 is 0 Å². The molecule has 3 aromatic heterocycles. The zero-order valence-electron chi connectivity index (χ0n) is 16.6. The molecule has 1 aliphatic rings. The number of carbonyl (C=O) groups excluding carboxylic acids is 1. The van der Waals surface area contributed by atoms with Gasteiger partial charge in [-0.05, 0) is 43.7 Å². The summed E-state index contributed by atoms with van der Waals surface area (Å²) in [5.74, 6) is -1.07. The smallest absolute Gasteiger partial charge is 0.218 e. The molecule has 7 heteroatoms. The summed E-state index contributed by atoms with van der Waals surface area (Å²) in [6.07, 6.45) is 5.27. The molecule has 0 spiro atoms. The van der Waals surface area contributed by atoms with Crippen LogP contribution in [0.4, 0.5) is 4.39 Å². The normalized spacial score (nSPS) is 16.3. The maximum atomic E-state index is 14.2. The van der Waals surface area contributed by atoms with Gasteiger partial charge >= 0.3 is 0 Å². The summed E-state index contributed by atoms with van der Waals surface area (Å²) in [6, 6.07) is 9.18. The maximum Gasteiger partial charge on any atom is 0.218 e. The van der Waals surface area contributed by atoms with Gasteiger partial charge in [0.15, 0.2) is 5.78 Å². The van der Waals surface area contributed by atoms with Crippen molar-refractivity contribution in [1.29, 1.82) is 0 Å². The van der Waals surface area contributed by atoms with Crippen LogP contribution in [-0.2, 0) is 11.3 Å². The molecule has 30 heavy (non-hydrogen) atoms. The van der Waals surface area contributed by atoms with Gasteiger partial charge in [0.1, 0.15) is 17.4 Å². The number of nitrogens with zero attached hydrogens (tertiary/aromatic N) is 3. The van der Waals surface area contributed by atoms with E-state index in [-0.39, 0.29) is 23.1 Å². The first-order chi connectivity index (χ1) is 14.5. The van der Waals surface area contributed by atoms with Gasteiger partial charge in [0.05, 0.1) is 23.3 Å². The Labute approximate surface area is 172 Å². The van der Waals surface area contributed by atoms with E-state index in [1.807, 2.05) is 25.1 Å². The number of aromatic nitrogens is 3. The Morgan fingerprint density at radius 3 is 2.87 bits per heavy atom. The minimum atomic E-state index is -0.705. The molecule has 0 N–H and O–H groups in total. The second-order valence-electron chi connectivity index (χ2n) is 7.12. The number of hydrogen-bond donors (Lipinski definition) is 0. The quantitative estimate of drug-likeness (QED) is 0.607. The van der Waals surface area contributed by atoms with E-state index in [0.29, 0.717) is 12.1 Å². The standard InChI is InChI=1S/C23H20FN3O3/c1-14-5-3-6-16(26-14)12-27-13-17(23(29)21-19(27)7-4-10-25-21)22(28)15-8-9-20(30-2)18(24)11-15/h3-8,10-11,13,20H,9,12H2,1-2H3.